The smallest absolute Gasteiger partial charge is 0.231 e. The lowest BCUT2D eigenvalue weighted by atomic mass is 10.0. The Morgan fingerprint density at radius 3 is 3.00 bits per heavy atom. The van der Waals surface area contributed by atoms with E-state index >= 15 is 0 Å². The summed E-state index contributed by atoms with van der Waals surface area (Å²) in [6.45, 7) is 0.778. The zero-order chi connectivity index (χ0) is 16.5. The summed E-state index contributed by atoms with van der Waals surface area (Å²) in [5.74, 6) is 0.991. The number of nitrogens with zero attached hydrogens (tertiary/aromatic N) is 1. The topological polar surface area (TPSA) is 45.3 Å². The van der Waals surface area contributed by atoms with Gasteiger partial charge in [-0.25, -0.2) is 0 Å². The highest BCUT2D eigenvalue weighted by Gasteiger charge is 2.23. The molecule has 1 N–H and O–H groups in total. The number of aromatic nitrogens is 1. The molecule has 3 aromatic rings. The van der Waals surface area contributed by atoms with E-state index in [4.69, 9.17) is 4.74 Å². The molecule has 24 heavy (non-hydrogen) atoms. The number of anilines is 1. The molecule has 2 heterocycles. The predicted molar refractivity (Wildman–Crippen MR) is 95.7 cm³/mol. The van der Waals surface area contributed by atoms with Crippen LogP contribution in [0.15, 0.2) is 48.7 Å². The molecule has 4 nitrogen and oxygen atoms in total. The van der Waals surface area contributed by atoms with Crippen LogP contribution >= 0.6 is 0 Å². The molecule has 122 valence electrons. The van der Waals surface area contributed by atoms with E-state index in [1.54, 1.807) is 7.11 Å². The van der Waals surface area contributed by atoms with Crippen LogP contribution in [0.3, 0.4) is 0 Å². The number of carbonyl (C=O) groups is 1. The molecule has 0 radical (unpaired) electrons. The minimum Gasteiger partial charge on any atom is -0.497 e. The van der Waals surface area contributed by atoms with E-state index < -0.39 is 0 Å². The van der Waals surface area contributed by atoms with Gasteiger partial charge in [-0.2, -0.15) is 0 Å². The summed E-state index contributed by atoms with van der Waals surface area (Å²) in [5.41, 5.74) is 4.33. The first kappa shape index (κ1) is 14.8. The number of nitrogens with one attached hydrogen (secondary N) is 1. The van der Waals surface area contributed by atoms with Gasteiger partial charge in [0.2, 0.25) is 5.91 Å². The monoisotopic (exact) mass is 320 g/mol. The van der Waals surface area contributed by atoms with Crippen LogP contribution in [0.1, 0.15) is 17.5 Å². The molecule has 1 aliphatic heterocycles. The third-order valence-corrected chi connectivity index (χ3v) is 4.72. The maximum absolute atomic E-state index is 12.9. The molecule has 0 atom stereocenters. The molecule has 2 aromatic carbocycles. The number of carbonyl (C=O) groups excluding carboxylic acids is 1. The second-order valence-corrected chi connectivity index (χ2v) is 6.18. The fourth-order valence-corrected chi connectivity index (χ4v) is 3.50. The van der Waals surface area contributed by atoms with Crippen LogP contribution in [0.2, 0.25) is 0 Å². The minimum absolute atomic E-state index is 0.144. The standard InChI is InChI=1S/C20H20N2O2/c1-24-16-8-9-19-14(11-16)5-4-10-22(19)20(23)12-15-13-21-18-7-3-2-6-17(15)18/h2-3,6-9,11,13,21H,4-5,10,12H2,1H3. The second-order valence-electron chi connectivity index (χ2n) is 6.18. The first-order valence-corrected chi connectivity index (χ1v) is 8.28. The maximum atomic E-state index is 12.9. The number of rotatable bonds is 3. The summed E-state index contributed by atoms with van der Waals surface area (Å²) in [7, 11) is 1.67. The van der Waals surface area contributed by atoms with Gasteiger partial charge in [-0.15, -0.1) is 0 Å². The Labute approximate surface area is 141 Å². The molecular formula is C20H20N2O2. The minimum atomic E-state index is 0.144. The summed E-state index contributed by atoms with van der Waals surface area (Å²) in [4.78, 5) is 18.1. The van der Waals surface area contributed by atoms with Gasteiger partial charge in [0.05, 0.1) is 13.5 Å². The maximum Gasteiger partial charge on any atom is 0.231 e. The highest BCUT2D eigenvalue weighted by molar-refractivity contribution is 5.98. The molecule has 0 spiro atoms. The van der Waals surface area contributed by atoms with E-state index in [1.807, 2.05) is 47.5 Å². The van der Waals surface area contributed by atoms with Crippen molar-refractivity contribution in [3.05, 3.63) is 59.8 Å². The van der Waals surface area contributed by atoms with Crippen LogP contribution in [0.25, 0.3) is 10.9 Å². The van der Waals surface area contributed by atoms with Crippen molar-refractivity contribution in [2.45, 2.75) is 19.3 Å². The van der Waals surface area contributed by atoms with Crippen LogP contribution in [-0.4, -0.2) is 24.5 Å². The number of methoxy groups -OCH3 is 1. The zero-order valence-electron chi connectivity index (χ0n) is 13.7. The Bertz CT molecular complexity index is 898. The number of hydrogen-bond acceptors (Lipinski definition) is 2. The van der Waals surface area contributed by atoms with Gasteiger partial charge in [0, 0.05) is 29.3 Å². The van der Waals surface area contributed by atoms with Crippen molar-refractivity contribution >= 4 is 22.5 Å². The van der Waals surface area contributed by atoms with E-state index in [1.165, 1.54) is 5.56 Å². The Morgan fingerprint density at radius 1 is 1.25 bits per heavy atom. The number of benzene rings is 2. The van der Waals surface area contributed by atoms with Crippen LogP contribution in [-0.2, 0) is 17.6 Å². The van der Waals surface area contributed by atoms with Crippen molar-refractivity contribution < 1.29 is 9.53 Å². The lowest BCUT2D eigenvalue weighted by molar-refractivity contribution is -0.118. The van der Waals surface area contributed by atoms with Crippen molar-refractivity contribution in [1.82, 2.24) is 4.98 Å². The van der Waals surface area contributed by atoms with Crippen LogP contribution in [0.5, 0.6) is 5.75 Å². The summed E-state index contributed by atoms with van der Waals surface area (Å²) >= 11 is 0. The number of aryl methyl sites for hydroxylation is 1. The summed E-state index contributed by atoms with van der Waals surface area (Å²) < 4.78 is 5.30. The van der Waals surface area contributed by atoms with Crippen molar-refractivity contribution in [2.24, 2.45) is 0 Å². The van der Waals surface area contributed by atoms with Gasteiger partial charge in [0.25, 0.3) is 0 Å². The van der Waals surface area contributed by atoms with Crippen molar-refractivity contribution in [3.63, 3.8) is 0 Å². The molecule has 4 heteroatoms. The molecule has 1 aromatic heterocycles. The lowest BCUT2D eigenvalue weighted by Crippen LogP contribution is -2.36. The third-order valence-electron chi connectivity index (χ3n) is 4.72. The number of ether oxygens (including phenoxy) is 1. The Hall–Kier alpha value is -2.75. The molecule has 0 fully saturated rings. The third kappa shape index (κ3) is 2.54. The normalized spacial score (nSPS) is 13.8. The van der Waals surface area contributed by atoms with E-state index in [9.17, 15) is 4.79 Å². The van der Waals surface area contributed by atoms with Crippen LogP contribution in [0.4, 0.5) is 5.69 Å². The number of amides is 1. The molecule has 0 saturated carbocycles. The quantitative estimate of drug-likeness (QED) is 0.800. The molecule has 0 aliphatic carbocycles. The number of hydrogen-bond donors (Lipinski definition) is 1. The lowest BCUT2D eigenvalue weighted by Gasteiger charge is -2.30. The van der Waals surface area contributed by atoms with Gasteiger partial charge in [-0.3, -0.25) is 4.79 Å². The summed E-state index contributed by atoms with van der Waals surface area (Å²) in [5, 5.41) is 1.12. The molecule has 4 rings (SSSR count). The summed E-state index contributed by atoms with van der Waals surface area (Å²) in [6, 6.07) is 14.1. The molecule has 0 unspecified atom stereocenters. The van der Waals surface area contributed by atoms with E-state index in [2.05, 4.69) is 11.1 Å². The van der Waals surface area contributed by atoms with E-state index in [0.717, 1.165) is 47.3 Å². The fourth-order valence-electron chi connectivity index (χ4n) is 3.50. The Kier molecular flexibility index (Phi) is 3.73. The SMILES string of the molecule is COc1ccc2c(c1)CCCN2C(=O)Cc1c[nH]c2ccccc12. The highest BCUT2D eigenvalue weighted by atomic mass is 16.5. The number of aromatic amines is 1. The highest BCUT2D eigenvalue weighted by Crippen LogP contribution is 2.31. The fraction of sp³-hybridized carbons (Fsp3) is 0.250. The van der Waals surface area contributed by atoms with E-state index in [-0.39, 0.29) is 5.91 Å². The van der Waals surface area contributed by atoms with E-state index in [0.29, 0.717) is 6.42 Å². The average Bonchev–Trinajstić information content (AvgIpc) is 3.03. The first-order valence-electron chi connectivity index (χ1n) is 8.28. The molecule has 0 saturated heterocycles. The van der Waals surface area contributed by atoms with Crippen LogP contribution in [0, 0.1) is 0 Å². The molecular weight excluding hydrogens is 300 g/mol. The zero-order valence-corrected chi connectivity index (χ0v) is 13.7. The van der Waals surface area contributed by atoms with Gasteiger partial charge in [-0.05, 0) is 48.2 Å². The van der Waals surface area contributed by atoms with Gasteiger partial charge < -0.3 is 14.6 Å². The average molecular weight is 320 g/mol. The van der Waals surface area contributed by atoms with Gasteiger partial charge in [0.1, 0.15) is 5.75 Å². The van der Waals surface area contributed by atoms with Crippen molar-refractivity contribution in [2.75, 3.05) is 18.6 Å². The molecule has 0 bridgehead atoms. The Morgan fingerprint density at radius 2 is 2.12 bits per heavy atom. The van der Waals surface area contributed by atoms with Crippen molar-refractivity contribution in [3.8, 4) is 5.75 Å². The Balaban J connectivity index is 1.62. The largest absolute Gasteiger partial charge is 0.497 e. The van der Waals surface area contributed by atoms with Gasteiger partial charge in [0.15, 0.2) is 0 Å². The van der Waals surface area contributed by atoms with Gasteiger partial charge in [-0.1, -0.05) is 18.2 Å². The predicted octanol–water partition coefficient (Wildman–Crippen LogP) is 3.70. The summed E-state index contributed by atoms with van der Waals surface area (Å²) in [6.07, 6.45) is 4.33. The number of H-pyrrole nitrogens is 1. The van der Waals surface area contributed by atoms with Crippen molar-refractivity contribution in [1.29, 1.82) is 0 Å². The van der Waals surface area contributed by atoms with Gasteiger partial charge >= 0.3 is 0 Å². The first-order chi connectivity index (χ1) is 11.8. The number of para-hydroxylation sites is 1. The molecule has 1 amide bonds. The van der Waals surface area contributed by atoms with Crippen LogP contribution < -0.4 is 9.64 Å². The number of fused-ring (bicyclic) bond motifs is 2. The molecule has 1 aliphatic rings. The second kappa shape index (κ2) is 6.04.